The van der Waals surface area contributed by atoms with Gasteiger partial charge in [-0.2, -0.15) is 0 Å². The Bertz CT molecular complexity index is 697. The van der Waals surface area contributed by atoms with Crippen LogP contribution >= 0.6 is 0 Å². The van der Waals surface area contributed by atoms with E-state index in [2.05, 4.69) is 63.9 Å². The molecule has 0 atom stereocenters. The molecule has 0 saturated heterocycles. The first-order chi connectivity index (χ1) is 13.5. The third-order valence-electron chi connectivity index (χ3n) is 5.94. The molecule has 1 aromatic carbocycles. The first-order valence-electron chi connectivity index (χ1n) is 11.3. The normalized spacial score (nSPS) is 13.6. The lowest BCUT2D eigenvalue weighted by molar-refractivity contribution is 0.361. The summed E-state index contributed by atoms with van der Waals surface area (Å²) in [5.41, 5.74) is 2.93. The second kappa shape index (κ2) is 11.5. The molecule has 0 radical (unpaired) electrons. The number of hydrogen-bond acceptors (Lipinski definition) is 1. The second-order valence-corrected chi connectivity index (χ2v) is 13.0. The number of aryl methyl sites for hydroxylation is 2. The van der Waals surface area contributed by atoms with Crippen molar-refractivity contribution in [2.75, 3.05) is 6.61 Å². The smallest absolute Gasteiger partial charge is 0.122 e. The summed E-state index contributed by atoms with van der Waals surface area (Å²) in [5.74, 6) is 1.17. The highest BCUT2D eigenvalue weighted by molar-refractivity contribution is 6.96. The summed E-state index contributed by atoms with van der Waals surface area (Å²) in [6.07, 6.45) is 19.8. The molecule has 28 heavy (non-hydrogen) atoms. The molecule has 0 aromatic heterocycles. The Morgan fingerprint density at radius 1 is 1.04 bits per heavy atom. The zero-order valence-electron chi connectivity index (χ0n) is 18.7. The molecule has 1 aromatic rings. The van der Waals surface area contributed by atoms with Gasteiger partial charge >= 0.3 is 0 Å². The second-order valence-electron chi connectivity index (χ2n) is 8.59. The van der Waals surface area contributed by atoms with Crippen molar-refractivity contribution in [1.29, 1.82) is 0 Å². The third kappa shape index (κ3) is 5.98. The molecule has 1 nitrogen and oxygen atoms in total. The molecular weight excluding hydrogens is 356 g/mol. The molecule has 0 saturated carbocycles. The highest BCUT2D eigenvalue weighted by Gasteiger charge is 2.33. The van der Waals surface area contributed by atoms with Crippen LogP contribution in [0.25, 0.3) is 0 Å². The van der Waals surface area contributed by atoms with Crippen molar-refractivity contribution in [2.45, 2.75) is 84.7 Å². The van der Waals surface area contributed by atoms with Gasteiger partial charge in [0.25, 0.3) is 0 Å². The monoisotopic (exact) mass is 396 g/mol. The van der Waals surface area contributed by atoms with E-state index in [1.54, 1.807) is 5.20 Å². The largest absolute Gasteiger partial charge is 0.489 e. The quantitative estimate of drug-likeness (QED) is 0.197. The van der Waals surface area contributed by atoms with Crippen LogP contribution in [0.4, 0.5) is 0 Å². The average molecular weight is 397 g/mol. The van der Waals surface area contributed by atoms with E-state index in [1.165, 1.54) is 67.0 Å². The molecule has 0 aliphatic heterocycles. The van der Waals surface area contributed by atoms with E-state index >= 15 is 0 Å². The Morgan fingerprint density at radius 3 is 2.36 bits per heavy atom. The van der Waals surface area contributed by atoms with E-state index < -0.39 is 8.07 Å². The standard InChI is InChI=1S/C26H40OSi/c1-6-9-11-15-22-20-23(16-12-10-7-2)26(27-19-8-3)25(21-22)28(4,5)24-17-13-14-18-24/h8,13-14,17,20-21H,3,6-7,9-12,15-16,18-19H2,1-2,4-5H3. The molecule has 0 amide bonds. The van der Waals surface area contributed by atoms with Crippen LogP contribution < -0.4 is 9.92 Å². The molecule has 0 fully saturated rings. The molecular formula is C26H40OSi. The first kappa shape index (κ1) is 22.7. The molecule has 2 heteroatoms. The Morgan fingerprint density at radius 2 is 1.75 bits per heavy atom. The van der Waals surface area contributed by atoms with Gasteiger partial charge in [0.15, 0.2) is 0 Å². The third-order valence-corrected chi connectivity index (χ3v) is 9.63. The molecule has 1 aliphatic rings. The van der Waals surface area contributed by atoms with Crippen molar-refractivity contribution in [3.05, 3.63) is 59.3 Å². The lowest BCUT2D eigenvalue weighted by Gasteiger charge is -2.29. The van der Waals surface area contributed by atoms with Crippen LogP contribution in [0.15, 0.2) is 48.2 Å². The number of benzene rings is 1. The summed E-state index contributed by atoms with van der Waals surface area (Å²) in [5, 5.41) is 3.10. The van der Waals surface area contributed by atoms with Gasteiger partial charge in [0, 0.05) is 0 Å². The maximum Gasteiger partial charge on any atom is 0.122 e. The Kier molecular flexibility index (Phi) is 9.31. The number of hydrogen-bond donors (Lipinski definition) is 0. The lowest BCUT2D eigenvalue weighted by atomic mass is 10.00. The topological polar surface area (TPSA) is 9.23 Å². The minimum Gasteiger partial charge on any atom is -0.489 e. The minimum atomic E-state index is -1.76. The Hall–Kier alpha value is -1.54. The predicted molar refractivity (Wildman–Crippen MR) is 128 cm³/mol. The van der Waals surface area contributed by atoms with E-state index in [4.69, 9.17) is 4.74 Å². The van der Waals surface area contributed by atoms with Gasteiger partial charge in [-0.3, -0.25) is 0 Å². The van der Waals surface area contributed by atoms with Gasteiger partial charge in [0.05, 0.1) is 0 Å². The van der Waals surface area contributed by atoms with Crippen molar-refractivity contribution in [3.8, 4) is 5.75 Å². The molecule has 2 rings (SSSR count). The van der Waals surface area contributed by atoms with Gasteiger partial charge in [0.2, 0.25) is 0 Å². The molecule has 0 spiro atoms. The van der Waals surface area contributed by atoms with Crippen LogP contribution in [0.2, 0.25) is 13.1 Å². The molecule has 0 heterocycles. The Labute approximate surface area is 174 Å². The number of ether oxygens (including phenoxy) is 1. The van der Waals surface area contributed by atoms with Gasteiger partial charge < -0.3 is 4.74 Å². The van der Waals surface area contributed by atoms with Gasteiger partial charge in [-0.15, -0.1) is 0 Å². The minimum absolute atomic E-state index is 0.588. The maximum atomic E-state index is 6.34. The fourth-order valence-corrected chi connectivity index (χ4v) is 6.92. The Balaban J connectivity index is 2.47. The lowest BCUT2D eigenvalue weighted by Crippen LogP contribution is -2.45. The van der Waals surface area contributed by atoms with E-state index in [-0.39, 0.29) is 0 Å². The number of allylic oxidation sites excluding steroid dienone is 4. The number of rotatable bonds is 13. The van der Waals surface area contributed by atoms with Gasteiger partial charge in [0.1, 0.15) is 20.4 Å². The van der Waals surface area contributed by atoms with Crippen LogP contribution in [0.1, 0.15) is 69.9 Å². The van der Waals surface area contributed by atoms with E-state index in [0.717, 1.165) is 12.8 Å². The van der Waals surface area contributed by atoms with Crippen molar-refractivity contribution >= 4 is 13.3 Å². The predicted octanol–water partition coefficient (Wildman–Crippen LogP) is 7.06. The van der Waals surface area contributed by atoms with E-state index in [0.29, 0.717) is 6.61 Å². The maximum absolute atomic E-state index is 6.34. The van der Waals surface area contributed by atoms with E-state index in [1.807, 2.05) is 6.08 Å². The van der Waals surface area contributed by atoms with Crippen LogP contribution in [0.3, 0.4) is 0 Å². The van der Waals surface area contributed by atoms with Crippen molar-refractivity contribution in [1.82, 2.24) is 0 Å². The summed E-state index contributed by atoms with van der Waals surface area (Å²) in [4.78, 5) is 0. The fourth-order valence-electron chi connectivity index (χ4n) is 4.09. The van der Waals surface area contributed by atoms with Crippen LogP contribution in [0, 0.1) is 0 Å². The first-order valence-corrected chi connectivity index (χ1v) is 14.3. The van der Waals surface area contributed by atoms with Gasteiger partial charge in [-0.05, 0) is 48.4 Å². The van der Waals surface area contributed by atoms with Crippen LogP contribution in [-0.4, -0.2) is 14.7 Å². The van der Waals surface area contributed by atoms with Crippen LogP contribution in [-0.2, 0) is 12.8 Å². The zero-order chi connectivity index (χ0) is 20.4. The SMILES string of the molecule is C=CCOc1c(CCCCC)cc(CCCCC)cc1[Si](C)(C)C1=CC=CC1. The van der Waals surface area contributed by atoms with Crippen LogP contribution in [0.5, 0.6) is 5.75 Å². The number of unbranched alkanes of at least 4 members (excludes halogenated alkanes) is 4. The van der Waals surface area contributed by atoms with Crippen molar-refractivity contribution in [2.24, 2.45) is 0 Å². The molecule has 0 N–H and O–H groups in total. The van der Waals surface area contributed by atoms with Crippen molar-refractivity contribution < 1.29 is 4.74 Å². The summed E-state index contributed by atoms with van der Waals surface area (Å²) in [6.45, 7) is 14.0. The summed E-state index contributed by atoms with van der Waals surface area (Å²) in [7, 11) is -1.76. The van der Waals surface area contributed by atoms with Crippen molar-refractivity contribution in [3.63, 3.8) is 0 Å². The molecule has 1 aliphatic carbocycles. The van der Waals surface area contributed by atoms with Gasteiger partial charge in [-0.25, -0.2) is 0 Å². The molecule has 0 bridgehead atoms. The average Bonchev–Trinajstić information content (AvgIpc) is 3.23. The van der Waals surface area contributed by atoms with E-state index in [9.17, 15) is 0 Å². The molecule has 154 valence electrons. The van der Waals surface area contributed by atoms with Gasteiger partial charge in [-0.1, -0.05) is 101 Å². The summed E-state index contributed by atoms with van der Waals surface area (Å²) >= 11 is 0. The zero-order valence-corrected chi connectivity index (χ0v) is 19.7. The highest BCUT2D eigenvalue weighted by atomic mass is 28.3. The fraction of sp³-hybridized carbons (Fsp3) is 0.538. The summed E-state index contributed by atoms with van der Waals surface area (Å²) < 4.78 is 6.34. The summed E-state index contributed by atoms with van der Waals surface area (Å²) in [6, 6.07) is 4.93. The molecule has 0 unspecified atom stereocenters. The highest BCUT2D eigenvalue weighted by Crippen LogP contribution is 2.30.